The normalized spacial score (nSPS) is 14.4. The maximum absolute atomic E-state index is 14.0. The summed E-state index contributed by atoms with van der Waals surface area (Å²) in [6.45, 7) is 2.22. The van der Waals surface area contributed by atoms with Crippen LogP contribution in [0, 0.1) is 5.82 Å². The number of anilines is 1. The molecule has 0 amide bonds. The van der Waals surface area contributed by atoms with Gasteiger partial charge in [0.1, 0.15) is 0 Å². The third-order valence-corrected chi connectivity index (χ3v) is 4.86. The number of aromatic hydroxyl groups is 1. The van der Waals surface area contributed by atoms with Crippen LogP contribution in [0.2, 0.25) is 0 Å². The van der Waals surface area contributed by atoms with E-state index in [9.17, 15) is 9.50 Å². The van der Waals surface area contributed by atoms with Crippen LogP contribution in [0.25, 0.3) is 16.8 Å². The zero-order valence-corrected chi connectivity index (χ0v) is 15.1. The lowest BCUT2D eigenvalue weighted by Crippen LogP contribution is -2.17. The summed E-state index contributed by atoms with van der Waals surface area (Å²) in [4.78, 5) is 6.24. The number of phenols is 1. The number of aliphatic imine (C=N–C) groups is 1. The Kier molecular flexibility index (Phi) is 4.62. The highest BCUT2D eigenvalue weighted by Gasteiger charge is 2.13. The van der Waals surface area contributed by atoms with Gasteiger partial charge >= 0.3 is 0 Å². The van der Waals surface area contributed by atoms with E-state index < -0.39 is 11.6 Å². The minimum Gasteiger partial charge on any atom is -0.504 e. The van der Waals surface area contributed by atoms with Crippen molar-refractivity contribution in [2.75, 3.05) is 25.0 Å². The lowest BCUT2D eigenvalue weighted by atomic mass is 10.1. The van der Waals surface area contributed by atoms with Gasteiger partial charge in [0.25, 0.3) is 0 Å². The van der Waals surface area contributed by atoms with Crippen LogP contribution >= 0.6 is 0 Å². The van der Waals surface area contributed by atoms with E-state index in [2.05, 4.69) is 27.1 Å². The lowest BCUT2D eigenvalue weighted by molar-refractivity contribution is 0.432. The molecule has 1 saturated heterocycles. The Balaban J connectivity index is 1.62. The highest BCUT2D eigenvalue weighted by molar-refractivity contribution is 5.86. The number of phenolic OH excluding ortho intramolecular Hbond substituents is 1. The summed E-state index contributed by atoms with van der Waals surface area (Å²) in [6, 6.07) is 11.3. The third-order valence-electron chi connectivity index (χ3n) is 4.86. The van der Waals surface area contributed by atoms with Crippen molar-refractivity contribution in [2.45, 2.75) is 12.8 Å². The summed E-state index contributed by atoms with van der Waals surface area (Å²) < 4.78 is 15.8. The molecule has 3 aromatic rings. The molecule has 1 aromatic heterocycles. The highest BCUT2D eigenvalue weighted by Crippen LogP contribution is 2.29. The van der Waals surface area contributed by atoms with Gasteiger partial charge < -0.3 is 10.0 Å². The second kappa shape index (κ2) is 7.23. The van der Waals surface area contributed by atoms with Crippen molar-refractivity contribution < 1.29 is 9.50 Å². The molecule has 138 valence electrons. The maximum atomic E-state index is 14.0. The molecule has 4 rings (SSSR count). The summed E-state index contributed by atoms with van der Waals surface area (Å²) in [5.41, 5.74) is 3.92. The molecule has 1 fully saturated rings. The van der Waals surface area contributed by atoms with E-state index in [4.69, 9.17) is 0 Å². The second-order valence-electron chi connectivity index (χ2n) is 6.67. The quantitative estimate of drug-likeness (QED) is 0.711. The number of hydrogen-bond donors (Lipinski definition) is 1. The molecule has 0 atom stereocenters. The number of halogens is 1. The van der Waals surface area contributed by atoms with Gasteiger partial charge in [-0.05, 0) is 54.8 Å². The minimum atomic E-state index is -0.676. The summed E-state index contributed by atoms with van der Waals surface area (Å²) in [6.07, 6.45) is 7.47. The fourth-order valence-electron chi connectivity index (χ4n) is 3.43. The Labute approximate surface area is 157 Å². The van der Waals surface area contributed by atoms with E-state index >= 15 is 0 Å². The third kappa shape index (κ3) is 3.43. The van der Waals surface area contributed by atoms with Crippen molar-refractivity contribution in [2.24, 2.45) is 4.99 Å². The fraction of sp³-hybridized carbons (Fsp3) is 0.238. The summed E-state index contributed by atoms with van der Waals surface area (Å²) in [5, 5.41) is 14.2. The van der Waals surface area contributed by atoms with Crippen LogP contribution in [0.1, 0.15) is 18.4 Å². The molecule has 0 saturated carbocycles. The van der Waals surface area contributed by atoms with Crippen LogP contribution in [0.3, 0.4) is 0 Å². The van der Waals surface area contributed by atoms with E-state index in [0.717, 1.165) is 24.3 Å². The predicted molar refractivity (Wildman–Crippen MR) is 106 cm³/mol. The summed E-state index contributed by atoms with van der Waals surface area (Å²) in [5.74, 6) is -1.07. The van der Waals surface area contributed by atoms with Crippen molar-refractivity contribution in [3.8, 4) is 22.6 Å². The van der Waals surface area contributed by atoms with Crippen LogP contribution in [-0.4, -0.2) is 41.2 Å². The van der Waals surface area contributed by atoms with Crippen LogP contribution in [0.15, 0.2) is 53.8 Å². The molecule has 5 nitrogen and oxygen atoms in total. The number of rotatable bonds is 4. The van der Waals surface area contributed by atoms with E-state index in [1.54, 1.807) is 24.0 Å². The average Bonchev–Trinajstić information content (AvgIpc) is 3.37. The topological polar surface area (TPSA) is 53.7 Å². The number of hydrogen-bond acceptors (Lipinski definition) is 4. The SMILES string of the molecule is CN=Cc1cc(-c2cnn(-c3ccc(N4CCCC4)cc3)c2)cc(F)c1O. The van der Waals surface area contributed by atoms with Crippen molar-refractivity contribution in [1.29, 1.82) is 0 Å². The smallest absolute Gasteiger partial charge is 0.166 e. The van der Waals surface area contributed by atoms with Gasteiger partial charge in [0.05, 0.1) is 11.9 Å². The number of nitrogens with zero attached hydrogens (tertiary/aromatic N) is 4. The molecule has 0 bridgehead atoms. The van der Waals surface area contributed by atoms with E-state index in [1.807, 2.05) is 18.3 Å². The van der Waals surface area contributed by atoms with Gasteiger partial charge in [0.2, 0.25) is 0 Å². The van der Waals surface area contributed by atoms with E-state index in [-0.39, 0.29) is 0 Å². The van der Waals surface area contributed by atoms with Gasteiger partial charge in [-0.25, -0.2) is 9.07 Å². The van der Waals surface area contributed by atoms with Crippen LogP contribution in [-0.2, 0) is 0 Å². The van der Waals surface area contributed by atoms with Crippen molar-refractivity contribution in [3.05, 3.63) is 60.2 Å². The molecule has 2 aromatic carbocycles. The summed E-state index contributed by atoms with van der Waals surface area (Å²) in [7, 11) is 1.58. The molecular weight excluding hydrogens is 343 g/mol. The van der Waals surface area contributed by atoms with Gasteiger partial charge in [0, 0.05) is 49.4 Å². The van der Waals surface area contributed by atoms with Crippen molar-refractivity contribution in [3.63, 3.8) is 0 Å². The van der Waals surface area contributed by atoms with E-state index in [0.29, 0.717) is 11.1 Å². The highest BCUT2D eigenvalue weighted by atomic mass is 19.1. The van der Waals surface area contributed by atoms with Gasteiger partial charge in [-0.1, -0.05) is 0 Å². The number of benzene rings is 2. The standard InChI is InChI=1S/C21H21FN4O/c1-23-12-16-10-15(11-20(22)21(16)27)17-13-24-26(14-17)19-6-4-18(5-7-19)25-8-2-3-9-25/h4-7,10-14,27H,2-3,8-9H2,1H3. The van der Waals surface area contributed by atoms with Gasteiger partial charge in [-0.2, -0.15) is 5.10 Å². The van der Waals surface area contributed by atoms with E-state index in [1.165, 1.54) is 30.8 Å². The van der Waals surface area contributed by atoms with Gasteiger partial charge in [0.15, 0.2) is 11.6 Å². The first-order chi connectivity index (χ1) is 13.2. The monoisotopic (exact) mass is 364 g/mol. The molecular formula is C21H21FN4O. The Hall–Kier alpha value is -3.15. The first-order valence-electron chi connectivity index (χ1n) is 9.01. The molecule has 1 N–H and O–H groups in total. The largest absolute Gasteiger partial charge is 0.504 e. The first-order valence-corrected chi connectivity index (χ1v) is 9.01. The Morgan fingerprint density at radius 3 is 2.48 bits per heavy atom. The van der Waals surface area contributed by atoms with Crippen LogP contribution < -0.4 is 4.90 Å². The zero-order valence-electron chi connectivity index (χ0n) is 15.1. The molecule has 1 aliphatic heterocycles. The molecule has 2 heterocycles. The molecule has 0 spiro atoms. The van der Waals surface area contributed by atoms with Gasteiger partial charge in [-0.15, -0.1) is 0 Å². The van der Waals surface area contributed by atoms with Crippen molar-refractivity contribution in [1.82, 2.24) is 9.78 Å². The lowest BCUT2D eigenvalue weighted by Gasteiger charge is -2.17. The fourth-order valence-corrected chi connectivity index (χ4v) is 3.43. The molecule has 0 aliphatic carbocycles. The maximum Gasteiger partial charge on any atom is 0.166 e. The predicted octanol–water partition coefficient (Wildman–Crippen LogP) is 4.03. The Morgan fingerprint density at radius 2 is 1.78 bits per heavy atom. The Bertz CT molecular complexity index is 972. The molecule has 0 radical (unpaired) electrons. The molecule has 1 aliphatic rings. The Morgan fingerprint density at radius 1 is 1.07 bits per heavy atom. The average molecular weight is 364 g/mol. The van der Waals surface area contributed by atoms with Crippen LogP contribution in [0.4, 0.5) is 10.1 Å². The van der Waals surface area contributed by atoms with Crippen LogP contribution in [0.5, 0.6) is 5.75 Å². The molecule has 27 heavy (non-hydrogen) atoms. The second-order valence-corrected chi connectivity index (χ2v) is 6.67. The molecule has 6 heteroatoms. The first kappa shape index (κ1) is 17.3. The number of aromatic nitrogens is 2. The summed E-state index contributed by atoms with van der Waals surface area (Å²) >= 11 is 0. The minimum absolute atomic E-state index is 0.343. The zero-order chi connectivity index (χ0) is 18.8. The van der Waals surface area contributed by atoms with Crippen molar-refractivity contribution >= 4 is 11.9 Å². The molecule has 0 unspecified atom stereocenters. The van der Waals surface area contributed by atoms with Gasteiger partial charge in [-0.3, -0.25) is 4.99 Å².